The Morgan fingerprint density at radius 3 is 2.42 bits per heavy atom. The number of anilines is 1. The fourth-order valence-corrected chi connectivity index (χ4v) is 3.32. The number of carboxylic acid groups (broad SMARTS) is 1. The van der Waals surface area contributed by atoms with E-state index in [9.17, 15) is 9.59 Å². The quantitative estimate of drug-likeness (QED) is 0.935. The highest BCUT2D eigenvalue weighted by Gasteiger charge is 2.26. The van der Waals surface area contributed by atoms with Crippen molar-refractivity contribution in [3.05, 3.63) is 52.1 Å². The summed E-state index contributed by atoms with van der Waals surface area (Å²) in [6.45, 7) is 5.03. The number of piperidine rings is 1. The number of aryl methyl sites for hydroxylation is 2. The van der Waals surface area contributed by atoms with E-state index in [1.807, 2.05) is 36.9 Å². The van der Waals surface area contributed by atoms with Crippen LogP contribution in [0.5, 0.6) is 0 Å². The van der Waals surface area contributed by atoms with Crippen LogP contribution in [-0.4, -0.2) is 33.7 Å². The molecule has 1 fully saturated rings. The Morgan fingerprint density at radius 1 is 1.21 bits per heavy atom. The summed E-state index contributed by atoms with van der Waals surface area (Å²) in [6.07, 6.45) is 4.39. The maximum atomic E-state index is 12.9. The molecule has 1 saturated heterocycles. The van der Waals surface area contributed by atoms with Crippen LogP contribution >= 0.6 is 0 Å². The summed E-state index contributed by atoms with van der Waals surface area (Å²) in [5, 5.41) is 9.10. The van der Waals surface area contributed by atoms with E-state index in [0.717, 1.165) is 16.8 Å². The number of hydrogen-bond donors (Lipinski definition) is 1. The van der Waals surface area contributed by atoms with Gasteiger partial charge in [-0.2, -0.15) is 0 Å². The van der Waals surface area contributed by atoms with Crippen molar-refractivity contribution in [2.75, 3.05) is 18.0 Å². The van der Waals surface area contributed by atoms with Crippen molar-refractivity contribution in [1.29, 1.82) is 0 Å². The molecule has 126 valence electrons. The number of rotatable bonds is 3. The van der Waals surface area contributed by atoms with E-state index < -0.39 is 5.97 Å². The minimum Gasteiger partial charge on any atom is -0.481 e. The molecule has 6 heteroatoms. The fraction of sp³-hybridized carbons (Fsp3) is 0.389. The molecular formula is C18H21N3O3. The molecule has 0 aliphatic carbocycles. The zero-order chi connectivity index (χ0) is 17.3. The van der Waals surface area contributed by atoms with Gasteiger partial charge in [0.15, 0.2) is 5.82 Å². The highest BCUT2D eigenvalue weighted by atomic mass is 16.4. The summed E-state index contributed by atoms with van der Waals surface area (Å²) >= 11 is 0. The van der Waals surface area contributed by atoms with Gasteiger partial charge in [-0.3, -0.25) is 14.2 Å². The summed E-state index contributed by atoms with van der Waals surface area (Å²) < 4.78 is 1.64. The zero-order valence-electron chi connectivity index (χ0n) is 13.9. The van der Waals surface area contributed by atoms with Gasteiger partial charge in [-0.05, 0) is 37.8 Å². The Morgan fingerprint density at radius 2 is 1.83 bits per heavy atom. The Labute approximate surface area is 140 Å². The lowest BCUT2D eigenvalue weighted by atomic mass is 9.97. The van der Waals surface area contributed by atoms with Crippen molar-refractivity contribution in [3.8, 4) is 5.69 Å². The lowest BCUT2D eigenvalue weighted by Gasteiger charge is -2.30. The van der Waals surface area contributed by atoms with E-state index in [1.54, 1.807) is 17.0 Å². The Hall–Kier alpha value is -2.63. The minimum absolute atomic E-state index is 0.163. The third kappa shape index (κ3) is 2.91. The third-order valence-corrected chi connectivity index (χ3v) is 4.65. The zero-order valence-corrected chi connectivity index (χ0v) is 13.9. The lowest BCUT2D eigenvalue weighted by Crippen LogP contribution is -2.40. The van der Waals surface area contributed by atoms with Gasteiger partial charge in [0.05, 0.1) is 11.6 Å². The maximum Gasteiger partial charge on any atom is 0.306 e. The van der Waals surface area contributed by atoms with E-state index in [1.165, 1.54) is 0 Å². The van der Waals surface area contributed by atoms with Crippen LogP contribution in [0.1, 0.15) is 24.0 Å². The number of aromatic nitrogens is 2. The molecule has 0 radical (unpaired) electrons. The average molecular weight is 327 g/mol. The summed E-state index contributed by atoms with van der Waals surface area (Å²) in [4.78, 5) is 30.2. The summed E-state index contributed by atoms with van der Waals surface area (Å²) in [6, 6.07) is 5.93. The van der Waals surface area contributed by atoms with E-state index in [0.29, 0.717) is 31.7 Å². The molecule has 1 aliphatic heterocycles. The van der Waals surface area contributed by atoms with Crippen molar-refractivity contribution in [2.45, 2.75) is 26.7 Å². The van der Waals surface area contributed by atoms with E-state index in [2.05, 4.69) is 4.98 Å². The van der Waals surface area contributed by atoms with Gasteiger partial charge in [-0.15, -0.1) is 0 Å². The first-order valence-electron chi connectivity index (χ1n) is 8.11. The molecule has 0 amide bonds. The molecule has 1 N–H and O–H groups in total. The molecule has 0 unspecified atom stereocenters. The van der Waals surface area contributed by atoms with Crippen LogP contribution in [0, 0.1) is 19.8 Å². The first-order chi connectivity index (χ1) is 11.5. The molecule has 6 nitrogen and oxygen atoms in total. The van der Waals surface area contributed by atoms with Gasteiger partial charge in [-0.25, -0.2) is 4.98 Å². The lowest BCUT2D eigenvalue weighted by molar-refractivity contribution is -0.142. The van der Waals surface area contributed by atoms with Gasteiger partial charge in [0.1, 0.15) is 0 Å². The van der Waals surface area contributed by atoms with Crippen LogP contribution in [0.2, 0.25) is 0 Å². The van der Waals surface area contributed by atoms with Gasteiger partial charge >= 0.3 is 5.97 Å². The largest absolute Gasteiger partial charge is 0.481 e. The van der Waals surface area contributed by atoms with Crippen molar-refractivity contribution in [3.63, 3.8) is 0 Å². The number of carbonyl (C=O) groups is 1. The number of hydrogen-bond acceptors (Lipinski definition) is 4. The number of aliphatic carboxylic acids is 1. The Bertz CT molecular complexity index is 800. The number of carboxylic acids is 1. The van der Waals surface area contributed by atoms with Crippen LogP contribution in [0.15, 0.2) is 35.4 Å². The van der Waals surface area contributed by atoms with E-state index in [-0.39, 0.29) is 11.5 Å². The van der Waals surface area contributed by atoms with Gasteiger partial charge in [0.25, 0.3) is 5.56 Å². The van der Waals surface area contributed by atoms with Crippen molar-refractivity contribution in [1.82, 2.24) is 9.55 Å². The molecule has 3 rings (SSSR count). The summed E-state index contributed by atoms with van der Waals surface area (Å²) in [5.74, 6) is -0.696. The van der Waals surface area contributed by atoms with E-state index >= 15 is 0 Å². The summed E-state index contributed by atoms with van der Waals surface area (Å²) in [5.41, 5.74) is 2.77. The number of nitrogens with zero attached hydrogens (tertiary/aromatic N) is 3. The van der Waals surface area contributed by atoms with Crippen LogP contribution < -0.4 is 10.5 Å². The van der Waals surface area contributed by atoms with Crippen molar-refractivity contribution >= 4 is 11.8 Å². The fourth-order valence-electron chi connectivity index (χ4n) is 3.32. The highest BCUT2D eigenvalue weighted by molar-refractivity contribution is 5.70. The SMILES string of the molecule is Cc1cccc(C)c1-n1ccnc(N2CCC(C(=O)O)CC2)c1=O. The second kappa shape index (κ2) is 6.47. The predicted molar refractivity (Wildman–Crippen MR) is 91.9 cm³/mol. The second-order valence-electron chi connectivity index (χ2n) is 6.27. The molecule has 0 spiro atoms. The topological polar surface area (TPSA) is 75.4 Å². The summed E-state index contributed by atoms with van der Waals surface area (Å²) in [7, 11) is 0. The van der Waals surface area contributed by atoms with Crippen molar-refractivity contribution in [2.24, 2.45) is 5.92 Å². The van der Waals surface area contributed by atoms with Crippen LogP contribution in [0.25, 0.3) is 5.69 Å². The van der Waals surface area contributed by atoms with Gasteiger partial charge in [-0.1, -0.05) is 18.2 Å². The van der Waals surface area contributed by atoms with Crippen LogP contribution in [0.4, 0.5) is 5.82 Å². The van der Waals surface area contributed by atoms with Gasteiger partial charge < -0.3 is 10.0 Å². The maximum absolute atomic E-state index is 12.9. The number of para-hydroxylation sites is 1. The molecule has 2 aromatic rings. The van der Waals surface area contributed by atoms with Gasteiger partial charge in [0, 0.05) is 25.5 Å². The molecule has 1 aliphatic rings. The average Bonchev–Trinajstić information content (AvgIpc) is 2.56. The molecule has 0 bridgehead atoms. The monoisotopic (exact) mass is 327 g/mol. The predicted octanol–water partition coefficient (Wildman–Crippen LogP) is 2.15. The first-order valence-corrected chi connectivity index (χ1v) is 8.11. The Balaban J connectivity index is 1.96. The smallest absolute Gasteiger partial charge is 0.306 e. The molecule has 1 aromatic carbocycles. The third-order valence-electron chi connectivity index (χ3n) is 4.65. The minimum atomic E-state index is -0.761. The Kier molecular flexibility index (Phi) is 4.38. The molecule has 2 heterocycles. The molecule has 1 aromatic heterocycles. The highest BCUT2D eigenvalue weighted by Crippen LogP contribution is 2.21. The molecule has 24 heavy (non-hydrogen) atoms. The second-order valence-corrected chi connectivity index (χ2v) is 6.27. The van der Waals surface area contributed by atoms with Crippen LogP contribution in [-0.2, 0) is 4.79 Å². The molecule has 0 saturated carbocycles. The first kappa shape index (κ1) is 16.2. The molecular weight excluding hydrogens is 306 g/mol. The van der Waals surface area contributed by atoms with E-state index in [4.69, 9.17) is 5.11 Å². The standard InChI is InChI=1S/C18H21N3O3/c1-12-4-3-5-13(2)15(12)21-11-8-19-16(17(21)22)20-9-6-14(7-10-20)18(23)24/h3-5,8,11,14H,6-7,9-10H2,1-2H3,(H,23,24). The van der Waals surface area contributed by atoms with Crippen molar-refractivity contribution < 1.29 is 9.90 Å². The number of benzene rings is 1. The van der Waals surface area contributed by atoms with Crippen LogP contribution in [0.3, 0.4) is 0 Å². The van der Waals surface area contributed by atoms with Gasteiger partial charge in [0.2, 0.25) is 0 Å². The normalized spacial score (nSPS) is 15.5. The molecule has 0 atom stereocenters.